The van der Waals surface area contributed by atoms with Crippen molar-refractivity contribution in [1.82, 2.24) is 9.55 Å². The standard InChI is InChI=1S/C21H19ClF4N4O3/c1-12-2-3-15(14(22)8-12)28-18-13(20(32)30(4-5-30)33-7-6-31)9-16-19(17(18)23)27-11-29(16)10-21(24,25)26/h2-3,8-9,11,31H,4-7,10H2,1H3/p+1. The number of carbonyl (C=O) groups is 1. The predicted octanol–water partition coefficient (Wildman–Crippen LogP) is 4.34. The number of aromatic nitrogens is 2. The van der Waals surface area contributed by atoms with Crippen LogP contribution in [0.4, 0.5) is 28.9 Å². The first-order valence-corrected chi connectivity index (χ1v) is 10.4. The Hall–Kier alpha value is -2.73. The molecule has 4 rings (SSSR count). The molecule has 1 amide bonds. The maximum atomic E-state index is 15.6. The molecule has 0 aliphatic carbocycles. The fraction of sp³-hybridized carbons (Fsp3) is 0.333. The van der Waals surface area contributed by atoms with Crippen LogP contribution in [-0.4, -0.2) is 57.7 Å². The zero-order valence-corrected chi connectivity index (χ0v) is 18.2. The lowest BCUT2D eigenvalue weighted by Gasteiger charge is -2.18. The number of quaternary nitrogens is 1. The van der Waals surface area contributed by atoms with Crippen LogP contribution >= 0.6 is 11.6 Å². The zero-order valence-electron chi connectivity index (χ0n) is 17.4. The van der Waals surface area contributed by atoms with Crippen molar-refractivity contribution in [3.05, 3.63) is 52.6 Å². The van der Waals surface area contributed by atoms with Crippen LogP contribution in [0.3, 0.4) is 0 Å². The summed E-state index contributed by atoms with van der Waals surface area (Å²) in [6.07, 6.45) is -3.69. The SMILES string of the molecule is Cc1ccc(Nc2c(C(=O)[N+]3(OCCO)CC3)cc3c(ncn3CC(F)(F)F)c2F)c(Cl)c1. The number of aryl methyl sites for hydroxylation is 1. The molecule has 0 unspecified atom stereocenters. The van der Waals surface area contributed by atoms with Crippen LogP contribution in [0.1, 0.15) is 15.9 Å². The number of alkyl halides is 3. The minimum atomic E-state index is -4.57. The minimum absolute atomic E-state index is 0.130. The van der Waals surface area contributed by atoms with Crippen molar-refractivity contribution in [2.75, 3.05) is 31.6 Å². The first kappa shape index (κ1) is 23.4. The Morgan fingerprint density at radius 3 is 2.67 bits per heavy atom. The third-order valence-corrected chi connectivity index (χ3v) is 5.56. The molecule has 1 saturated heterocycles. The second-order valence-electron chi connectivity index (χ2n) is 7.78. The zero-order chi connectivity index (χ0) is 24.0. The van der Waals surface area contributed by atoms with Gasteiger partial charge in [0.1, 0.15) is 24.2 Å². The van der Waals surface area contributed by atoms with Gasteiger partial charge in [0, 0.05) is 0 Å². The van der Waals surface area contributed by atoms with Gasteiger partial charge in [0.2, 0.25) is 0 Å². The molecule has 7 nitrogen and oxygen atoms in total. The number of carbonyl (C=O) groups excluding carboxylic acids is 1. The number of aliphatic hydroxyl groups excluding tert-OH is 1. The molecule has 1 aliphatic heterocycles. The third kappa shape index (κ3) is 4.67. The van der Waals surface area contributed by atoms with E-state index >= 15 is 4.39 Å². The van der Waals surface area contributed by atoms with Gasteiger partial charge in [-0.1, -0.05) is 17.7 Å². The summed E-state index contributed by atoms with van der Waals surface area (Å²) in [5.41, 5.74) is 0.169. The van der Waals surface area contributed by atoms with Gasteiger partial charge in [-0.2, -0.15) is 18.0 Å². The molecular weight excluding hydrogens is 468 g/mol. The number of nitrogens with zero attached hydrogens (tertiary/aromatic N) is 3. The first-order chi connectivity index (χ1) is 15.5. The van der Waals surface area contributed by atoms with E-state index in [-0.39, 0.29) is 53.6 Å². The second-order valence-corrected chi connectivity index (χ2v) is 8.18. The van der Waals surface area contributed by atoms with Gasteiger partial charge in [0.15, 0.2) is 18.9 Å². The van der Waals surface area contributed by atoms with E-state index in [0.717, 1.165) is 16.5 Å². The highest BCUT2D eigenvalue weighted by molar-refractivity contribution is 6.33. The highest BCUT2D eigenvalue weighted by Gasteiger charge is 2.55. The number of rotatable bonds is 7. The monoisotopic (exact) mass is 487 g/mol. The van der Waals surface area contributed by atoms with Crippen LogP contribution in [0.25, 0.3) is 11.0 Å². The van der Waals surface area contributed by atoms with E-state index in [0.29, 0.717) is 5.69 Å². The Bertz CT molecular complexity index is 1220. The van der Waals surface area contributed by atoms with Crippen LogP contribution in [0, 0.1) is 12.7 Å². The highest BCUT2D eigenvalue weighted by atomic mass is 35.5. The molecule has 0 saturated carbocycles. The summed E-state index contributed by atoms with van der Waals surface area (Å²) in [6, 6.07) is 6.14. The third-order valence-electron chi connectivity index (χ3n) is 5.25. The molecular formula is C21H20ClF4N4O3+. The number of aliphatic hydroxyl groups is 1. The van der Waals surface area contributed by atoms with Crippen molar-refractivity contribution in [1.29, 1.82) is 0 Å². The quantitative estimate of drug-likeness (QED) is 0.294. The number of hydrogen-bond acceptors (Lipinski definition) is 5. The smallest absolute Gasteiger partial charge is 0.394 e. The van der Waals surface area contributed by atoms with E-state index in [2.05, 4.69) is 10.3 Å². The lowest BCUT2D eigenvalue weighted by molar-refractivity contribution is -0.935. The maximum Gasteiger partial charge on any atom is 0.406 e. The fourth-order valence-electron chi connectivity index (χ4n) is 3.54. The number of halogens is 5. The molecule has 0 bridgehead atoms. The van der Waals surface area contributed by atoms with E-state index in [9.17, 15) is 18.0 Å². The van der Waals surface area contributed by atoms with E-state index in [1.807, 2.05) is 6.92 Å². The van der Waals surface area contributed by atoms with Crippen LogP contribution in [0.15, 0.2) is 30.6 Å². The topological polar surface area (TPSA) is 76.4 Å². The Kier molecular flexibility index (Phi) is 6.08. The molecule has 176 valence electrons. The molecule has 2 N–H and O–H groups in total. The number of nitrogens with one attached hydrogen (secondary N) is 1. The summed E-state index contributed by atoms with van der Waals surface area (Å²) in [5, 5.41) is 12.1. The number of anilines is 2. The van der Waals surface area contributed by atoms with Gasteiger partial charge in [-0.3, -0.25) is 0 Å². The van der Waals surface area contributed by atoms with Crippen molar-refractivity contribution in [3.63, 3.8) is 0 Å². The van der Waals surface area contributed by atoms with Gasteiger partial charge in [0.05, 0.1) is 34.8 Å². The van der Waals surface area contributed by atoms with Crippen molar-refractivity contribution >= 4 is 39.9 Å². The Morgan fingerprint density at radius 2 is 2.06 bits per heavy atom. The predicted molar refractivity (Wildman–Crippen MR) is 113 cm³/mol. The molecule has 0 atom stereocenters. The molecule has 2 aromatic carbocycles. The van der Waals surface area contributed by atoms with E-state index in [1.165, 1.54) is 6.07 Å². The van der Waals surface area contributed by atoms with Gasteiger partial charge in [-0.25, -0.2) is 14.2 Å². The fourth-order valence-corrected chi connectivity index (χ4v) is 3.82. The van der Waals surface area contributed by atoms with Crippen molar-refractivity contribution < 1.29 is 36.9 Å². The van der Waals surface area contributed by atoms with E-state index < -0.39 is 29.1 Å². The van der Waals surface area contributed by atoms with Gasteiger partial charge in [-0.05, 0) is 30.7 Å². The van der Waals surface area contributed by atoms with Crippen molar-refractivity contribution in [2.24, 2.45) is 0 Å². The number of imidazole rings is 1. The molecule has 2 heterocycles. The molecule has 12 heteroatoms. The Balaban J connectivity index is 1.86. The number of hydrogen-bond donors (Lipinski definition) is 2. The summed E-state index contributed by atoms with van der Waals surface area (Å²) in [4.78, 5) is 22.6. The molecule has 0 spiro atoms. The number of amides is 1. The van der Waals surface area contributed by atoms with Crippen LogP contribution in [-0.2, 0) is 11.4 Å². The van der Waals surface area contributed by atoms with Crippen molar-refractivity contribution in [3.8, 4) is 0 Å². The number of benzene rings is 2. The Labute approximate surface area is 190 Å². The number of fused-ring (bicyclic) bond motifs is 1. The molecule has 1 aliphatic rings. The molecule has 0 radical (unpaired) electrons. The summed E-state index contributed by atoms with van der Waals surface area (Å²) >= 11 is 6.26. The summed E-state index contributed by atoms with van der Waals surface area (Å²) in [6.45, 7) is 0.527. The van der Waals surface area contributed by atoms with Gasteiger partial charge < -0.3 is 15.0 Å². The minimum Gasteiger partial charge on any atom is -0.394 e. The summed E-state index contributed by atoms with van der Waals surface area (Å²) in [5.74, 6) is -1.65. The molecule has 1 fully saturated rings. The average molecular weight is 488 g/mol. The Morgan fingerprint density at radius 1 is 1.33 bits per heavy atom. The van der Waals surface area contributed by atoms with Crippen LogP contribution < -0.4 is 5.32 Å². The lowest BCUT2D eigenvalue weighted by atomic mass is 10.1. The lowest BCUT2D eigenvalue weighted by Crippen LogP contribution is -2.35. The molecule has 3 aromatic rings. The average Bonchev–Trinajstić information content (AvgIpc) is 3.43. The largest absolute Gasteiger partial charge is 0.406 e. The summed E-state index contributed by atoms with van der Waals surface area (Å²) < 4.78 is 54.8. The molecule has 1 aromatic heterocycles. The van der Waals surface area contributed by atoms with E-state index in [1.54, 1.807) is 18.2 Å². The summed E-state index contributed by atoms with van der Waals surface area (Å²) in [7, 11) is 0. The molecule has 33 heavy (non-hydrogen) atoms. The normalized spacial score (nSPS) is 15.1. The van der Waals surface area contributed by atoms with Crippen molar-refractivity contribution in [2.45, 2.75) is 19.6 Å². The van der Waals surface area contributed by atoms with Gasteiger partial charge in [-0.15, -0.1) is 4.65 Å². The van der Waals surface area contributed by atoms with Gasteiger partial charge in [0.25, 0.3) is 0 Å². The second kappa shape index (κ2) is 8.56. The van der Waals surface area contributed by atoms with Crippen LogP contribution in [0.5, 0.6) is 0 Å². The van der Waals surface area contributed by atoms with E-state index in [4.69, 9.17) is 21.5 Å². The first-order valence-electron chi connectivity index (χ1n) is 9.99. The van der Waals surface area contributed by atoms with Crippen LogP contribution in [0.2, 0.25) is 5.02 Å². The highest BCUT2D eigenvalue weighted by Crippen LogP contribution is 2.37. The number of hydroxylamine groups is 3. The maximum absolute atomic E-state index is 15.6. The van der Waals surface area contributed by atoms with Gasteiger partial charge >= 0.3 is 12.1 Å².